The van der Waals surface area contributed by atoms with Crippen LogP contribution in [0.15, 0.2) is 57.7 Å². The lowest BCUT2D eigenvalue weighted by atomic mass is 10.1. The minimum absolute atomic E-state index is 0.0381. The molecule has 1 amide bonds. The fourth-order valence-electron chi connectivity index (χ4n) is 2.67. The average molecular weight is 371 g/mol. The molecule has 3 rings (SSSR count). The van der Waals surface area contributed by atoms with Crippen molar-refractivity contribution in [2.24, 2.45) is 0 Å². The molecule has 0 saturated heterocycles. The molecule has 0 aliphatic carbocycles. The van der Waals surface area contributed by atoms with Crippen molar-refractivity contribution in [3.8, 4) is 0 Å². The zero-order valence-corrected chi connectivity index (χ0v) is 14.2. The molecular weight excluding hydrogens is 354 g/mol. The first-order valence-corrected chi connectivity index (χ1v) is 8.23. The fraction of sp³-hybridized carbons (Fsp3) is 0.222. The van der Waals surface area contributed by atoms with Gasteiger partial charge in [-0.15, -0.1) is 0 Å². The number of carbonyl (C=O) groups is 1. The highest BCUT2D eigenvalue weighted by Crippen LogP contribution is 2.17. The van der Waals surface area contributed by atoms with Crippen LogP contribution in [0.3, 0.4) is 0 Å². The third kappa shape index (κ3) is 4.21. The Morgan fingerprint density at radius 3 is 2.63 bits per heavy atom. The number of rotatable bonds is 7. The van der Waals surface area contributed by atoms with Gasteiger partial charge in [-0.05, 0) is 29.8 Å². The molecule has 0 saturated carbocycles. The van der Waals surface area contributed by atoms with Crippen LogP contribution in [-0.4, -0.2) is 27.0 Å². The summed E-state index contributed by atoms with van der Waals surface area (Å²) >= 11 is 0. The van der Waals surface area contributed by atoms with Crippen molar-refractivity contribution in [3.05, 3.63) is 74.8 Å². The predicted molar refractivity (Wildman–Crippen MR) is 96.2 cm³/mol. The number of benzene rings is 2. The molecule has 2 N–H and O–H groups in total. The number of hydrogen-bond donors (Lipinski definition) is 2. The fourth-order valence-corrected chi connectivity index (χ4v) is 2.67. The number of amides is 1. The molecular formula is C18H17N3O6. The monoisotopic (exact) mass is 371 g/mol. The number of aryl methyl sites for hydroxylation is 1. The van der Waals surface area contributed by atoms with E-state index in [4.69, 9.17) is 4.42 Å². The van der Waals surface area contributed by atoms with Crippen molar-refractivity contribution >= 4 is 22.7 Å². The van der Waals surface area contributed by atoms with E-state index < -0.39 is 16.8 Å². The lowest BCUT2D eigenvalue weighted by Gasteiger charge is -2.12. The number of aliphatic hydroxyl groups is 1. The number of oxazole rings is 1. The smallest absolute Gasteiger partial charge is 0.408 e. The maximum absolute atomic E-state index is 12.0. The first-order chi connectivity index (χ1) is 13.0. The number of nitro benzene ring substituents is 1. The molecule has 3 aromatic rings. The second-order valence-corrected chi connectivity index (χ2v) is 5.91. The summed E-state index contributed by atoms with van der Waals surface area (Å²) in [6.45, 7) is 0.104. The Bertz CT molecular complexity index is 1020. The first-order valence-electron chi connectivity index (χ1n) is 8.23. The van der Waals surface area contributed by atoms with E-state index in [1.165, 1.54) is 28.8 Å². The van der Waals surface area contributed by atoms with Crippen LogP contribution in [0.25, 0.3) is 11.1 Å². The maximum atomic E-state index is 12.0. The number of fused-ring (bicyclic) bond motifs is 1. The van der Waals surface area contributed by atoms with Crippen LogP contribution in [0.2, 0.25) is 0 Å². The molecule has 140 valence electrons. The van der Waals surface area contributed by atoms with Gasteiger partial charge in [0.2, 0.25) is 5.91 Å². The van der Waals surface area contributed by atoms with Gasteiger partial charge in [0.25, 0.3) is 5.69 Å². The Labute approximate surface area is 153 Å². The highest BCUT2D eigenvalue weighted by atomic mass is 16.6. The lowest BCUT2D eigenvalue weighted by molar-refractivity contribution is -0.384. The SMILES string of the molecule is O=C(CCn1c(=O)oc2ccccc21)NC[C@H](O)c1ccc([N+](=O)[O-])cc1. The minimum atomic E-state index is -0.993. The lowest BCUT2D eigenvalue weighted by Crippen LogP contribution is -2.30. The summed E-state index contributed by atoms with van der Waals surface area (Å²) in [5.41, 5.74) is 1.45. The zero-order valence-electron chi connectivity index (χ0n) is 14.2. The summed E-state index contributed by atoms with van der Waals surface area (Å²) in [6, 6.07) is 12.4. The van der Waals surface area contributed by atoms with Crippen molar-refractivity contribution in [3.63, 3.8) is 0 Å². The Kier molecular flexibility index (Phi) is 5.32. The molecule has 0 spiro atoms. The van der Waals surface area contributed by atoms with E-state index >= 15 is 0 Å². The normalized spacial score (nSPS) is 12.0. The molecule has 0 unspecified atom stereocenters. The number of nitrogens with one attached hydrogen (secondary N) is 1. The standard InChI is InChI=1S/C18H17N3O6/c22-15(12-5-7-13(8-6-12)21(25)26)11-19-17(23)9-10-20-14-3-1-2-4-16(14)27-18(20)24/h1-8,15,22H,9-11H2,(H,19,23)/t15-/m0/s1. The Morgan fingerprint density at radius 2 is 1.93 bits per heavy atom. The molecule has 9 heteroatoms. The maximum Gasteiger partial charge on any atom is 0.419 e. The topological polar surface area (TPSA) is 128 Å². The summed E-state index contributed by atoms with van der Waals surface area (Å²) in [7, 11) is 0. The molecule has 1 aromatic heterocycles. The van der Waals surface area contributed by atoms with Gasteiger partial charge in [0.05, 0.1) is 16.5 Å². The Morgan fingerprint density at radius 1 is 1.22 bits per heavy atom. The van der Waals surface area contributed by atoms with Crippen LogP contribution in [0.5, 0.6) is 0 Å². The van der Waals surface area contributed by atoms with E-state index in [2.05, 4.69) is 5.32 Å². The molecule has 27 heavy (non-hydrogen) atoms. The van der Waals surface area contributed by atoms with Gasteiger partial charge in [0.1, 0.15) is 0 Å². The molecule has 0 radical (unpaired) electrons. The van der Waals surface area contributed by atoms with Gasteiger partial charge in [-0.3, -0.25) is 19.5 Å². The van der Waals surface area contributed by atoms with Crippen molar-refractivity contribution in [2.75, 3.05) is 6.54 Å². The molecule has 0 fully saturated rings. The van der Waals surface area contributed by atoms with Crippen molar-refractivity contribution < 1.29 is 19.2 Å². The highest BCUT2D eigenvalue weighted by molar-refractivity contribution is 5.76. The van der Waals surface area contributed by atoms with Crippen molar-refractivity contribution in [1.82, 2.24) is 9.88 Å². The van der Waals surface area contributed by atoms with Gasteiger partial charge in [0, 0.05) is 31.6 Å². The van der Waals surface area contributed by atoms with Gasteiger partial charge >= 0.3 is 5.76 Å². The molecule has 1 heterocycles. The van der Waals surface area contributed by atoms with E-state index in [1.54, 1.807) is 24.3 Å². The average Bonchev–Trinajstić information content (AvgIpc) is 2.99. The minimum Gasteiger partial charge on any atom is -0.408 e. The molecule has 1 atom stereocenters. The predicted octanol–water partition coefficient (Wildman–Crippen LogP) is 1.74. The van der Waals surface area contributed by atoms with Gasteiger partial charge in [-0.1, -0.05) is 12.1 Å². The number of aromatic nitrogens is 1. The Balaban J connectivity index is 1.54. The molecule has 2 aromatic carbocycles. The van der Waals surface area contributed by atoms with Crippen LogP contribution in [0, 0.1) is 10.1 Å². The quantitative estimate of drug-likeness (QED) is 0.481. The summed E-state index contributed by atoms with van der Waals surface area (Å²) in [4.78, 5) is 34.0. The molecule has 0 bridgehead atoms. The highest BCUT2D eigenvalue weighted by Gasteiger charge is 2.13. The summed E-state index contributed by atoms with van der Waals surface area (Å²) in [5.74, 6) is -0.872. The second kappa shape index (κ2) is 7.83. The number of carbonyl (C=O) groups excluding carboxylic acids is 1. The van der Waals surface area contributed by atoms with Crippen molar-refractivity contribution in [2.45, 2.75) is 19.1 Å². The number of hydrogen-bond acceptors (Lipinski definition) is 6. The number of para-hydroxylation sites is 2. The van der Waals surface area contributed by atoms with Crippen LogP contribution in [0.4, 0.5) is 5.69 Å². The number of nitrogens with zero attached hydrogens (tertiary/aromatic N) is 2. The second-order valence-electron chi connectivity index (χ2n) is 5.91. The van der Waals surface area contributed by atoms with E-state index in [-0.39, 0.29) is 31.1 Å². The number of aliphatic hydroxyl groups excluding tert-OH is 1. The third-order valence-corrected chi connectivity index (χ3v) is 4.12. The van der Waals surface area contributed by atoms with Crippen LogP contribution in [0.1, 0.15) is 18.1 Å². The number of non-ortho nitro benzene ring substituents is 1. The first kappa shape index (κ1) is 18.3. The van der Waals surface area contributed by atoms with Gasteiger partial charge in [-0.2, -0.15) is 0 Å². The summed E-state index contributed by atoms with van der Waals surface area (Å²) in [6.07, 6.45) is -0.955. The van der Waals surface area contributed by atoms with Crippen LogP contribution in [-0.2, 0) is 11.3 Å². The third-order valence-electron chi connectivity index (χ3n) is 4.12. The van der Waals surface area contributed by atoms with Gasteiger partial charge in [-0.25, -0.2) is 4.79 Å². The van der Waals surface area contributed by atoms with E-state index in [0.29, 0.717) is 16.7 Å². The van der Waals surface area contributed by atoms with E-state index in [0.717, 1.165) is 0 Å². The number of nitro groups is 1. The molecule has 9 nitrogen and oxygen atoms in total. The Hall–Kier alpha value is -3.46. The van der Waals surface area contributed by atoms with Crippen LogP contribution >= 0.6 is 0 Å². The van der Waals surface area contributed by atoms with E-state index in [1.807, 2.05) is 0 Å². The molecule has 0 aliphatic heterocycles. The molecule has 0 aliphatic rings. The largest absolute Gasteiger partial charge is 0.419 e. The van der Waals surface area contributed by atoms with Gasteiger partial charge in [0.15, 0.2) is 5.58 Å². The summed E-state index contributed by atoms with van der Waals surface area (Å²) < 4.78 is 6.48. The zero-order chi connectivity index (χ0) is 19.4. The summed E-state index contributed by atoms with van der Waals surface area (Å²) in [5, 5.41) is 23.3. The van der Waals surface area contributed by atoms with E-state index in [9.17, 15) is 24.8 Å². The van der Waals surface area contributed by atoms with Crippen LogP contribution < -0.4 is 11.1 Å². The van der Waals surface area contributed by atoms with Gasteiger partial charge < -0.3 is 14.8 Å². The van der Waals surface area contributed by atoms with Crippen molar-refractivity contribution in [1.29, 1.82) is 0 Å².